The monoisotopic (exact) mass is 393 g/mol. The van der Waals surface area contributed by atoms with Crippen LogP contribution in [0.15, 0.2) is 29.6 Å². The van der Waals surface area contributed by atoms with Crippen LogP contribution in [0, 0.1) is 25.5 Å². The van der Waals surface area contributed by atoms with E-state index in [1.54, 1.807) is 18.3 Å². The number of hydrogen-bond donors (Lipinski definition) is 1. The largest absolute Gasteiger partial charge is 0.349 e. The fraction of sp³-hybridized carbons (Fsp3) is 0.278. The highest BCUT2D eigenvalue weighted by Gasteiger charge is 2.15. The van der Waals surface area contributed by atoms with Gasteiger partial charge in [-0.05, 0) is 44.0 Å². The van der Waals surface area contributed by atoms with E-state index in [1.165, 1.54) is 29.0 Å². The van der Waals surface area contributed by atoms with Crippen molar-refractivity contribution >= 4 is 39.2 Å². The molecule has 8 heteroatoms. The lowest BCUT2D eigenvalue weighted by atomic mass is 10.1. The fourth-order valence-corrected chi connectivity index (χ4v) is 4.47. The Balaban J connectivity index is 1.67. The van der Waals surface area contributed by atoms with Crippen molar-refractivity contribution in [2.24, 2.45) is 0 Å². The molecule has 0 aliphatic heterocycles. The molecule has 26 heavy (non-hydrogen) atoms. The molecule has 1 aromatic carbocycles. The van der Waals surface area contributed by atoms with Gasteiger partial charge in [0.1, 0.15) is 16.2 Å². The predicted molar refractivity (Wildman–Crippen MR) is 101 cm³/mol. The van der Waals surface area contributed by atoms with Gasteiger partial charge in [-0.2, -0.15) is 0 Å². The minimum absolute atomic E-state index is 0.175. The van der Waals surface area contributed by atoms with E-state index in [0.717, 1.165) is 32.9 Å². The Labute approximate surface area is 158 Å². The molecule has 2 heterocycles. The molecule has 4 nitrogen and oxygen atoms in total. The third kappa shape index (κ3) is 3.86. The van der Waals surface area contributed by atoms with E-state index >= 15 is 0 Å². The summed E-state index contributed by atoms with van der Waals surface area (Å²) in [6, 6.07) is 3.19. The summed E-state index contributed by atoms with van der Waals surface area (Å²) in [6.45, 7) is 5.78. The number of thioether (sulfide) groups is 1. The minimum Gasteiger partial charge on any atom is -0.349 e. The van der Waals surface area contributed by atoms with Gasteiger partial charge in [0, 0.05) is 10.3 Å². The number of amides is 1. The zero-order chi connectivity index (χ0) is 18.8. The van der Waals surface area contributed by atoms with E-state index < -0.39 is 17.7 Å². The van der Waals surface area contributed by atoms with Crippen molar-refractivity contribution in [3.8, 4) is 0 Å². The van der Waals surface area contributed by atoms with Crippen LogP contribution in [0.2, 0.25) is 0 Å². The molecular weight excluding hydrogens is 376 g/mol. The van der Waals surface area contributed by atoms with Crippen molar-refractivity contribution < 1.29 is 13.6 Å². The van der Waals surface area contributed by atoms with Crippen LogP contribution in [-0.4, -0.2) is 21.6 Å². The molecule has 0 saturated heterocycles. The first kappa shape index (κ1) is 18.7. The van der Waals surface area contributed by atoms with Crippen molar-refractivity contribution in [3.05, 3.63) is 52.2 Å². The molecule has 1 atom stereocenters. The topological polar surface area (TPSA) is 54.9 Å². The van der Waals surface area contributed by atoms with Crippen LogP contribution in [0.25, 0.3) is 10.2 Å². The van der Waals surface area contributed by atoms with Gasteiger partial charge in [-0.15, -0.1) is 11.3 Å². The molecule has 2 aromatic heterocycles. The van der Waals surface area contributed by atoms with Crippen molar-refractivity contribution in [1.82, 2.24) is 15.3 Å². The van der Waals surface area contributed by atoms with Crippen molar-refractivity contribution in [2.75, 3.05) is 5.75 Å². The Morgan fingerprint density at radius 1 is 1.27 bits per heavy atom. The number of thiophene rings is 1. The molecule has 136 valence electrons. The maximum absolute atomic E-state index is 13.3. The van der Waals surface area contributed by atoms with E-state index in [1.807, 2.05) is 13.8 Å². The molecule has 0 aliphatic rings. The van der Waals surface area contributed by atoms with E-state index in [-0.39, 0.29) is 11.7 Å². The van der Waals surface area contributed by atoms with Gasteiger partial charge in [-0.25, -0.2) is 18.7 Å². The van der Waals surface area contributed by atoms with Crippen LogP contribution in [0.3, 0.4) is 0 Å². The summed E-state index contributed by atoms with van der Waals surface area (Å²) in [4.78, 5) is 22.9. The van der Waals surface area contributed by atoms with Gasteiger partial charge in [0.2, 0.25) is 5.91 Å². The second kappa shape index (κ2) is 7.67. The molecule has 1 amide bonds. The van der Waals surface area contributed by atoms with E-state index in [4.69, 9.17) is 0 Å². The van der Waals surface area contributed by atoms with Crippen LogP contribution >= 0.6 is 23.1 Å². The summed E-state index contributed by atoms with van der Waals surface area (Å²) < 4.78 is 26.3. The molecule has 3 rings (SSSR count). The number of nitrogens with one attached hydrogen (secondary N) is 1. The van der Waals surface area contributed by atoms with Gasteiger partial charge in [-0.1, -0.05) is 17.8 Å². The van der Waals surface area contributed by atoms with Gasteiger partial charge in [0.25, 0.3) is 0 Å². The zero-order valence-corrected chi connectivity index (χ0v) is 16.1. The summed E-state index contributed by atoms with van der Waals surface area (Å²) >= 11 is 2.94. The Hall–Kier alpha value is -2.06. The number of hydrogen-bond acceptors (Lipinski definition) is 5. The first-order valence-corrected chi connectivity index (χ1v) is 9.75. The van der Waals surface area contributed by atoms with Crippen LogP contribution < -0.4 is 5.32 Å². The molecule has 0 spiro atoms. The molecule has 0 fully saturated rings. The first-order chi connectivity index (χ1) is 12.4. The molecular formula is C18H17F2N3OS2. The number of carbonyl (C=O) groups excluding carboxylic acids is 1. The standard InChI is InChI=1S/C18H17F2N3OS2/c1-9-11(3)26-18-16(9)17(21-8-22-18)25-7-15(24)23-10(2)12-4-5-13(19)14(20)6-12/h4-6,8,10H,7H2,1-3H3,(H,23,24)/t10-/m0/s1. The predicted octanol–water partition coefficient (Wildman–Crippen LogP) is 4.56. The lowest BCUT2D eigenvalue weighted by molar-refractivity contribution is -0.119. The summed E-state index contributed by atoms with van der Waals surface area (Å²) in [5, 5.41) is 4.55. The highest BCUT2D eigenvalue weighted by molar-refractivity contribution is 8.00. The fourth-order valence-electron chi connectivity index (χ4n) is 2.54. The second-order valence-corrected chi connectivity index (χ2v) is 8.06. The van der Waals surface area contributed by atoms with Crippen molar-refractivity contribution in [1.29, 1.82) is 0 Å². The third-order valence-electron chi connectivity index (χ3n) is 4.09. The van der Waals surface area contributed by atoms with Crippen LogP contribution in [0.1, 0.15) is 29.0 Å². The van der Waals surface area contributed by atoms with Crippen molar-refractivity contribution in [2.45, 2.75) is 31.8 Å². The number of aromatic nitrogens is 2. The minimum atomic E-state index is -0.926. The number of halogens is 2. The van der Waals surface area contributed by atoms with E-state index in [9.17, 15) is 13.6 Å². The maximum Gasteiger partial charge on any atom is 0.230 e. The van der Waals surface area contributed by atoms with Gasteiger partial charge < -0.3 is 5.32 Å². The Kier molecular flexibility index (Phi) is 5.52. The summed E-state index contributed by atoms with van der Waals surface area (Å²) in [7, 11) is 0. The quantitative estimate of drug-likeness (QED) is 0.510. The second-order valence-electron chi connectivity index (χ2n) is 5.89. The third-order valence-corrected chi connectivity index (χ3v) is 6.20. The highest BCUT2D eigenvalue weighted by Crippen LogP contribution is 2.34. The van der Waals surface area contributed by atoms with Crippen molar-refractivity contribution in [3.63, 3.8) is 0 Å². The molecule has 0 aliphatic carbocycles. The van der Waals surface area contributed by atoms with Gasteiger partial charge in [-0.3, -0.25) is 4.79 Å². The van der Waals surface area contributed by atoms with E-state index in [0.29, 0.717) is 5.56 Å². The first-order valence-electron chi connectivity index (χ1n) is 7.94. The van der Waals surface area contributed by atoms with E-state index in [2.05, 4.69) is 15.3 Å². The lowest BCUT2D eigenvalue weighted by Crippen LogP contribution is -2.28. The lowest BCUT2D eigenvalue weighted by Gasteiger charge is -2.14. The summed E-state index contributed by atoms with van der Waals surface area (Å²) in [6.07, 6.45) is 1.50. The Morgan fingerprint density at radius 2 is 2.04 bits per heavy atom. The van der Waals surface area contributed by atoms with Gasteiger partial charge in [0.05, 0.1) is 11.8 Å². The van der Waals surface area contributed by atoms with Crippen LogP contribution in [0.4, 0.5) is 8.78 Å². The zero-order valence-electron chi connectivity index (χ0n) is 14.5. The smallest absolute Gasteiger partial charge is 0.230 e. The molecule has 0 radical (unpaired) electrons. The highest BCUT2D eigenvalue weighted by atomic mass is 32.2. The molecule has 1 N–H and O–H groups in total. The molecule has 0 bridgehead atoms. The summed E-state index contributed by atoms with van der Waals surface area (Å²) in [5.41, 5.74) is 1.64. The maximum atomic E-state index is 13.3. The number of rotatable bonds is 5. The number of fused-ring (bicyclic) bond motifs is 1. The Morgan fingerprint density at radius 3 is 2.77 bits per heavy atom. The van der Waals surface area contributed by atoms with Crippen LogP contribution in [-0.2, 0) is 4.79 Å². The number of nitrogens with zero attached hydrogens (tertiary/aromatic N) is 2. The average Bonchev–Trinajstić information content (AvgIpc) is 2.90. The Bertz CT molecular complexity index is 974. The van der Waals surface area contributed by atoms with Crippen LogP contribution in [0.5, 0.6) is 0 Å². The number of carbonyl (C=O) groups is 1. The molecule has 3 aromatic rings. The SMILES string of the molecule is Cc1sc2ncnc(SCC(=O)N[C@@H](C)c3ccc(F)c(F)c3)c2c1C. The number of aryl methyl sites for hydroxylation is 2. The molecule has 0 saturated carbocycles. The average molecular weight is 393 g/mol. The van der Waals surface area contributed by atoms with Gasteiger partial charge >= 0.3 is 0 Å². The number of benzene rings is 1. The van der Waals surface area contributed by atoms with Gasteiger partial charge in [0.15, 0.2) is 11.6 Å². The normalized spacial score (nSPS) is 12.3. The summed E-state index contributed by atoms with van der Waals surface area (Å²) in [5.74, 6) is -1.86. The molecule has 0 unspecified atom stereocenters.